The summed E-state index contributed by atoms with van der Waals surface area (Å²) in [5.74, 6) is 1.13. The van der Waals surface area contributed by atoms with Crippen molar-refractivity contribution in [3.63, 3.8) is 0 Å². The van der Waals surface area contributed by atoms with Crippen LogP contribution in [0.3, 0.4) is 0 Å². The van der Waals surface area contributed by atoms with Crippen LogP contribution in [0.4, 0.5) is 5.69 Å². The minimum Gasteiger partial charge on any atom is -0.494 e. The lowest BCUT2D eigenvalue weighted by Gasteiger charge is -2.28. The summed E-state index contributed by atoms with van der Waals surface area (Å²) >= 11 is 0. The molecule has 0 aromatic heterocycles. The fourth-order valence-corrected chi connectivity index (χ4v) is 4.03. The lowest BCUT2D eigenvalue weighted by molar-refractivity contribution is -0.141. The summed E-state index contributed by atoms with van der Waals surface area (Å²) in [5.41, 5.74) is 0.0607. The Labute approximate surface area is 169 Å². The molecule has 1 aliphatic carbocycles. The van der Waals surface area contributed by atoms with Crippen LogP contribution in [-0.4, -0.2) is 49.3 Å². The number of ether oxygens (including phenoxy) is 2. The SMILES string of the molecule is CCOC(C)(C(=O)Nc1ccc(OCCCN2CCCCCC2)cc1)C1CC1. The molecule has 156 valence electrons. The first-order valence-corrected chi connectivity index (χ1v) is 11.0. The minimum absolute atomic E-state index is 0.0528. The lowest BCUT2D eigenvalue weighted by atomic mass is 9.99. The molecule has 1 aromatic rings. The molecule has 1 saturated heterocycles. The van der Waals surface area contributed by atoms with Crippen LogP contribution in [0.1, 0.15) is 58.8 Å². The van der Waals surface area contributed by atoms with E-state index in [0.29, 0.717) is 12.5 Å². The van der Waals surface area contributed by atoms with Gasteiger partial charge in [-0.2, -0.15) is 0 Å². The van der Waals surface area contributed by atoms with Crippen molar-refractivity contribution in [2.24, 2.45) is 5.92 Å². The van der Waals surface area contributed by atoms with Crippen LogP contribution in [0, 0.1) is 5.92 Å². The molecule has 5 nitrogen and oxygen atoms in total. The van der Waals surface area contributed by atoms with E-state index < -0.39 is 5.60 Å². The summed E-state index contributed by atoms with van der Waals surface area (Å²) in [6.07, 6.45) is 8.59. The van der Waals surface area contributed by atoms with E-state index in [9.17, 15) is 4.79 Å². The first-order valence-electron chi connectivity index (χ1n) is 11.0. The van der Waals surface area contributed by atoms with Crippen LogP contribution in [0.5, 0.6) is 5.75 Å². The number of nitrogens with one attached hydrogen (secondary N) is 1. The van der Waals surface area contributed by atoms with E-state index in [4.69, 9.17) is 9.47 Å². The van der Waals surface area contributed by atoms with Gasteiger partial charge in [-0.15, -0.1) is 0 Å². The zero-order valence-corrected chi connectivity index (χ0v) is 17.5. The molecule has 1 atom stereocenters. The van der Waals surface area contributed by atoms with E-state index in [1.807, 2.05) is 38.1 Å². The zero-order valence-electron chi connectivity index (χ0n) is 17.5. The second-order valence-corrected chi connectivity index (χ2v) is 8.25. The summed E-state index contributed by atoms with van der Waals surface area (Å²) in [6, 6.07) is 7.66. The average Bonchev–Trinajstić information content (AvgIpc) is 3.54. The Morgan fingerprint density at radius 2 is 1.82 bits per heavy atom. The Bertz CT molecular complexity index is 607. The molecule has 0 radical (unpaired) electrons. The van der Waals surface area contributed by atoms with Crippen LogP contribution in [-0.2, 0) is 9.53 Å². The number of benzene rings is 1. The highest BCUT2D eigenvalue weighted by Gasteiger charge is 2.48. The zero-order chi connectivity index (χ0) is 19.8. The van der Waals surface area contributed by atoms with Gasteiger partial charge in [0.2, 0.25) is 0 Å². The van der Waals surface area contributed by atoms with E-state index in [1.54, 1.807) is 0 Å². The summed E-state index contributed by atoms with van der Waals surface area (Å²) in [6.45, 7) is 8.70. The molecule has 1 aliphatic heterocycles. The van der Waals surface area contributed by atoms with Crippen molar-refractivity contribution in [2.75, 3.05) is 38.2 Å². The number of hydrogen-bond donors (Lipinski definition) is 1. The average molecular weight is 389 g/mol. The van der Waals surface area contributed by atoms with Crippen LogP contribution < -0.4 is 10.1 Å². The number of carbonyl (C=O) groups is 1. The highest BCUT2D eigenvalue weighted by molar-refractivity contribution is 5.97. The van der Waals surface area contributed by atoms with E-state index in [2.05, 4.69) is 10.2 Å². The summed E-state index contributed by atoms with van der Waals surface area (Å²) in [4.78, 5) is 15.3. The Hall–Kier alpha value is -1.59. The predicted octanol–water partition coefficient (Wildman–Crippen LogP) is 4.48. The van der Waals surface area contributed by atoms with Crippen molar-refractivity contribution < 1.29 is 14.3 Å². The summed E-state index contributed by atoms with van der Waals surface area (Å²) in [5, 5.41) is 3.01. The number of amides is 1. The molecule has 1 amide bonds. The lowest BCUT2D eigenvalue weighted by Crippen LogP contribution is -2.44. The maximum Gasteiger partial charge on any atom is 0.256 e. The maximum atomic E-state index is 12.7. The van der Waals surface area contributed by atoms with Gasteiger partial charge in [-0.1, -0.05) is 12.8 Å². The van der Waals surface area contributed by atoms with Crippen molar-refractivity contribution in [1.82, 2.24) is 4.90 Å². The Balaban J connectivity index is 1.41. The molecule has 1 aromatic carbocycles. The molecular formula is C23H36N2O3. The smallest absolute Gasteiger partial charge is 0.256 e. The fourth-order valence-electron chi connectivity index (χ4n) is 4.03. The molecule has 5 heteroatoms. The third kappa shape index (κ3) is 5.95. The largest absolute Gasteiger partial charge is 0.494 e. The van der Waals surface area contributed by atoms with Crippen molar-refractivity contribution in [3.05, 3.63) is 24.3 Å². The molecule has 3 rings (SSSR count). The van der Waals surface area contributed by atoms with Crippen molar-refractivity contribution >= 4 is 11.6 Å². The predicted molar refractivity (Wildman–Crippen MR) is 113 cm³/mol. The number of hydrogen-bond acceptors (Lipinski definition) is 4. The van der Waals surface area contributed by atoms with Crippen molar-refractivity contribution in [1.29, 1.82) is 0 Å². The third-order valence-electron chi connectivity index (χ3n) is 5.95. The molecule has 1 N–H and O–H groups in total. The van der Waals surface area contributed by atoms with E-state index in [1.165, 1.54) is 38.8 Å². The van der Waals surface area contributed by atoms with Crippen molar-refractivity contribution in [2.45, 2.75) is 64.4 Å². The normalized spacial score (nSPS) is 20.2. The Morgan fingerprint density at radius 3 is 2.43 bits per heavy atom. The number of nitrogens with zero attached hydrogens (tertiary/aromatic N) is 1. The highest BCUT2D eigenvalue weighted by Crippen LogP contribution is 2.42. The summed E-state index contributed by atoms with van der Waals surface area (Å²) < 4.78 is 11.7. The standard InChI is InChI=1S/C23H36N2O3/c1-3-28-23(2,19-9-10-19)22(26)24-20-11-13-21(14-12-20)27-18-8-17-25-15-6-4-5-7-16-25/h11-14,19H,3-10,15-18H2,1-2H3,(H,24,26). The van der Waals surface area contributed by atoms with E-state index >= 15 is 0 Å². The molecule has 2 aliphatic rings. The van der Waals surface area contributed by atoms with Gasteiger partial charge in [0.1, 0.15) is 11.4 Å². The molecule has 28 heavy (non-hydrogen) atoms. The first-order chi connectivity index (χ1) is 13.6. The monoisotopic (exact) mass is 388 g/mol. The molecule has 0 spiro atoms. The van der Waals surface area contributed by atoms with Crippen LogP contribution in [0.25, 0.3) is 0 Å². The van der Waals surface area contributed by atoms with Gasteiger partial charge >= 0.3 is 0 Å². The quantitative estimate of drug-likeness (QED) is 0.601. The number of carbonyl (C=O) groups excluding carboxylic acids is 1. The molecular weight excluding hydrogens is 352 g/mol. The van der Waals surface area contributed by atoms with Gasteiger partial charge in [0, 0.05) is 18.8 Å². The van der Waals surface area contributed by atoms with Crippen molar-refractivity contribution in [3.8, 4) is 5.75 Å². The van der Waals surface area contributed by atoms with Gasteiger partial charge in [-0.25, -0.2) is 0 Å². The molecule has 1 unspecified atom stereocenters. The van der Waals surface area contributed by atoms with E-state index in [-0.39, 0.29) is 5.91 Å². The van der Waals surface area contributed by atoms with Gasteiger partial charge < -0.3 is 19.7 Å². The number of rotatable bonds is 10. The minimum atomic E-state index is -0.725. The van der Waals surface area contributed by atoms with Gasteiger partial charge in [0.25, 0.3) is 5.91 Å². The molecule has 0 bridgehead atoms. The maximum absolute atomic E-state index is 12.7. The van der Waals surface area contributed by atoms with Gasteiger partial charge in [-0.3, -0.25) is 4.79 Å². The Kier molecular flexibility index (Phi) is 7.74. The number of likely N-dealkylation sites (tertiary alicyclic amines) is 1. The fraction of sp³-hybridized carbons (Fsp3) is 0.696. The molecule has 1 saturated carbocycles. The third-order valence-corrected chi connectivity index (χ3v) is 5.95. The number of anilines is 1. The first kappa shape index (κ1) is 21.1. The van der Waals surface area contributed by atoms with Crippen LogP contribution in [0.2, 0.25) is 0 Å². The molecule has 2 fully saturated rings. The van der Waals surface area contributed by atoms with Gasteiger partial charge in [0.15, 0.2) is 0 Å². The second-order valence-electron chi connectivity index (χ2n) is 8.25. The van der Waals surface area contributed by atoms with Gasteiger partial charge in [-0.05, 0) is 89.2 Å². The summed E-state index contributed by atoms with van der Waals surface area (Å²) in [7, 11) is 0. The van der Waals surface area contributed by atoms with Crippen LogP contribution >= 0.6 is 0 Å². The Morgan fingerprint density at radius 1 is 1.14 bits per heavy atom. The van der Waals surface area contributed by atoms with Gasteiger partial charge in [0.05, 0.1) is 6.61 Å². The van der Waals surface area contributed by atoms with Crippen LogP contribution in [0.15, 0.2) is 24.3 Å². The topological polar surface area (TPSA) is 50.8 Å². The van der Waals surface area contributed by atoms with E-state index in [0.717, 1.165) is 43.9 Å². The second kappa shape index (κ2) is 10.3. The highest BCUT2D eigenvalue weighted by atomic mass is 16.5. The molecule has 1 heterocycles.